The minimum Gasteiger partial charge on any atom is -0.398 e. The molecule has 164 valence electrons. The molecule has 7 nitrogen and oxygen atoms in total. The number of carbonyl (C=O) groups excluding carboxylic acids is 1. The standard InChI is InChI=1S/C24H31N5O2/c1-5-19-22(25)20(14-30)24(31)26-23(19)15-6-7-21-16(10-15)11-18(28(21)4)13-29-9-8-17(12-29)27(2)3/h6-7,10-11,14,17H,5,8-9,12-13H2,1-4H3,(H3,25,26,31). The Labute approximate surface area is 182 Å². The fourth-order valence-corrected chi connectivity index (χ4v) is 4.73. The topological polar surface area (TPSA) is 87.4 Å². The number of aromatic amines is 1. The van der Waals surface area contributed by atoms with Crippen LogP contribution in [0.5, 0.6) is 0 Å². The summed E-state index contributed by atoms with van der Waals surface area (Å²) in [5.74, 6) is 0. The van der Waals surface area contributed by atoms with E-state index in [1.807, 2.05) is 13.0 Å². The van der Waals surface area contributed by atoms with Gasteiger partial charge >= 0.3 is 0 Å². The van der Waals surface area contributed by atoms with E-state index in [1.165, 1.54) is 12.1 Å². The van der Waals surface area contributed by atoms with E-state index in [1.54, 1.807) is 0 Å². The summed E-state index contributed by atoms with van der Waals surface area (Å²) in [5, 5.41) is 1.12. The van der Waals surface area contributed by atoms with Gasteiger partial charge in [0.05, 0.1) is 11.4 Å². The fourth-order valence-electron chi connectivity index (χ4n) is 4.73. The number of pyridine rings is 1. The van der Waals surface area contributed by atoms with Gasteiger partial charge in [-0.25, -0.2) is 0 Å². The molecule has 1 aliphatic rings. The Morgan fingerprint density at radius 3 is 2.71 bits per heavy atom. The van der Waals surface area contributed by atoms with Crippen molar-refractivity contribution in [3.05, 3.63) is 51.4 Å². The maximum atomic E-state index is 12.3. The Morgan fingerprint density at radius 2 is 2.06 bits per heavy atom. The lowest BCUT2D eigenvalue weighted by Crippen LogP contribution is -2.31. The number of H-pyrrole nitrogens is 1. The molecule has 1 aromatic carbocycles. The van der Waals surface area contributed by atoms with E-state index in [0.717, 1.165) is 41.7 Å². The van der Waals surface area contributed by atoms with E-state index in [-0.39, 0.29) is 11.3 Å². The normalized spacial score (nSPS) is 17.1. The number of fused-ring (bicyclic) bond motifs is 1. The summed E-state index contributed by atoms with van der Waals surface area (Å²) in [4.78, 5) is 31.3. The highest BCUT2D eigenvalue weighted by molar-refractivity contribution is 5.90. The number of hydrogen-bond acceptors (Lipinski definition) is 5. The Balaban J connectivity index is 1.70. The van der Waals surface area contributed by atoms with Crippen LogP contribution in [0.2, 0.25) is 0 Å². The molecule has 1 fully saturated rings. The average molecular weight is 422 g/mol. The number of nitrogens with one attached hydrogen (secondary N) is 1. The monoisotopic (exact) mass is 421 g/mol. The second-order valence-corrected chi connectivity index (χ2v) is 8.72. The van der Waals surface area contributed by atoms with Gasteiger partial charge < -0.3 is 20.2 Å². The van der Waals surface area contributed by atoms with Crippen molar-refractivity contribution in [1.29, 1.82) is 0 Å². The third kappa shape index (κ3) is 3.79. The molecule has 0 bridgehead atoms. The summed E-state index contributed by atoms with van der Waals surface area (Å²) < 4.78 is 2.25. The molecule has 1 aliphatic heterocycles. The molecule has 1 saturated heterocycles. The van der Waals surface area contributed by atoms with Gasteiger partial charge in [-0.1, -0.05) is 13.0 Å². The highest BCUT2D eigenvalue weighted by Crippen LogP contribution is 2.30. The summed E-state index contributed by atoms with van der Waals surface area (Å²) in [7, 11) is 6.40. The zero-order valence-electron chi connectivity index (χ0n) is 18.7. The van der Waals surface area contributed by atoms with Crippen molar-refractivity contribution in [3.63, 3.8) is 0 Å². The van der Waals surface area contributed by atoms with Crippen LogP contribution in [0.3, 0.4) is 0 Å². The molecule has 1 atom stereocenters. The third-order valence-electron chi connectivity index (χ3n) is 6.67. The van der Waals surface area contributed by atoms with Crippen molar-refractivity contribution in [2.45, 2.75) is 32.4 Å². The number of nitrogens with zero attached hydrogens (tertiary/aromatic N) is 3. The number of carbonyl (C=O) groups is 1. The molecule has 0 aliphatic carbocycles. The molecule has 3 heterocycles. The largest absolute Gasteiger partial charge is 0.398 e. The number of rotatable bonds is 6. The van der Waals surface area contributed by atoms with Crippen LogP contribution < -0.4 is 11.3 Å². The second kappa shape index (κ2) is 8.32. The van der Waals surface area contributed by atoms with Crippen molar-refractivity contribution in [2.24, 2.45) is 7.05 Å². The first-order valence-electron chi connectivity index (χ1n) is 10.8. The molecule has 2 aromatic heterocycles. The molecule has 0 radical (unpaired) electrons. The molecule has 31 heavy (non-hydrogen) atoms. The predicted molar refractivity (Wildman–Crippen MR) is 126 cm³/mol. The zero-order valence-corrected chi connectivity index (χ0v) is 18.7. The van der Waals surface area contributed by atoms with Crippen LogP contribution in [0.4, 0.5) is 5.69 Å². The highest BCUT2D eigenvalue weighted by Gasteiger charge is 2.24. The number of aromatic nitrogens is 2. The van der Waals surface area contributed by atoms with Crippen molar-refractivity contribution in [1.82, 2.24) is 19.4 Å². The molecular formula is C24H31N5O2. The molecule has 4 rings (SSSR count). The van der Waals surface area contributed by atoms with Gasteiger partial charge in [-0.15, -0.1) is 0 Å². The maximum absolute atomic E-state index is 12.3. The van der Waals surface area contributed by atoms with Crippen LogP contribution >= 0.6 is 0 Å². The van der Waals surface area contributed by atoms with Gasteiger partial charge in [0.25, 0.3) is 5.56 Å². The number of nitrogens with two attached hydrogens (primary N) is 1. The minimum absolute atomic E-state index is 0.00492. The van der Waals surface area contributed by atoms with Gasteiger partial charge in [0.15, 0.2) is 6.29 Å². The molecule has 1 unspecified atom stereocenters. The number of aryl methyl sites for hydroxylation is 1. The van der Waals surface area contributed by atoms with Gasteiger partial charge in [-0.3, -0.25) is 14.5 Å². The first kappa shape index (κ1) is 21.3. The minimum atomic E-state index is -0.446. The summed E-state index contributed by atoms with van der Waals surface area (Å²) in [6, 6.07) is 9.03. The van der Waals surface area contributed by atoms with E-state index < -0.39 is 5.56 Å². The van der Waals surface area contributed by atoms with Gasteiger partial charge in [0, 0.05) is 49.3 Å². The molecule has 0 spiro atoms. The van der Waals surface area contributed by atoms with E-state index in [4.69, 9.17) is 5.73 Å². The quantitative estimate of drug-likeness (QED) is 0.598. The third-order valence-corrected chi connectivity index (χ3v) is 6.67. The molecular weight excluding hydrogens is 390 g/mol. The lowest BCUT2D eigenvalue weighted by atomic mass is 9.99. The van der Waals surface area contributed by atoms with Crippen LogP contribution in [-0.4, -0.2) is 58.9 Å². The Hall–Kier alpha value is -2.90. The number of likely N-dealkylation sites (tertiary alicyclic amines) is 1. The van der Waals surface area contributed by atoms with Gasteiger partial charge in [-0.2, -0.15) is 0 Å². The summed E-state index contributed by atoms with van der Waals surface area (Å²) in [6.45, 7) is 5.09. The SMILES string of the molecule is CCc1c(-c2ccc3c(c2)cc(CN2CCC(N(C)C)C2)n3C)[nH]c(=O)c(C=O)c1N. The lowest BCUT2D eigenvalue weighted by molar-refractivity contribution is 0.112. The Kier molecular flexibility index (Phi) is 5.73. The number of anilines is 1. The lowest BCUT2D eigenvalue weighted by Gasteiger charge is -2.20. The van der Waals surface area contributed by atoms with Crippen LogP contribution in [0.25, 0.3) is 22.2 Å². The molecule has 0 amide bonds. The Morgan fingerprint density at radius 1 is 1.29 bits per heavy atom. The van der Waals surface area contributed by atoms with E-state index >= 15 is 0 Å². The number of aldehydes is 1. The van der Waals surface area contributed by atoms with Crippen LogP contribution in [-0.2, 0) is 20.0 Å². The molecule has 3 N–H and O–H groups in total. The van der Waals surface area contributed by atoms with Crippen molar-refractivity contribution in [2.75, 3.05) is 32.9 Å². The summed E-state index contributed by atoms with van der Waals surface area (Å²) in [6.07, 6.45) is 2.36. The number of likely N-dealkylation sites (N-methyl/N-ethyl adjacent to an activating group) is 1. The zero-order chi connectivity index (χ0) is 22.3. The van der Waals surface area contributed by atoms with Gasteiger partial charge in [0.1, 0.15) is 5.56 Å². The number of hydrogen-bond donors (Lipinski definition) is 2. The van der Waals surface area contributed by atoms with E-state index in [2.05, 4.69) is 58.7 Å². The van der Waals surface area contributed by atoms with Crippen LogP contribution in [0.1, 0.15) is 35.0 Å². The Bertz CT molecular complexity index is 1190. The first-order valence-corrected chi connectivity index (χ1v) is 10.8. The van der Waals surface area contributed by atoms with Crippen molar-refractivity contribution in [3.8, 4) is 11.3 Å². The second-order valence-electron chi connectivity index (χ2n) is 8.72. The molecule has 0 saturated carbocycles. The maximum Gasteiger partial charge on any atom is 0.261 e. The van der Waals surface area contributed by atoms with E-state index in [9.17, 15) is 9.59 Å². The van der Waals surface area contributed by atoms with Crippen molar-refractivity contribution >= 4 is 22.9 Å². The molecule has 7 heteroatoms. The smallest absolute Gasteiger partial charge is 0.261 e. The summed E-state index contributed by atoms with van der Waals surface area (Å²) >= 11 is 0. The van der Waals surface area contributed by atoms with E-state index in [0.29, 0.717) is 24.4 Å². The number of benzene rings is 1. The number of nitrogen functional groups attached to an aromatic ring is 1. The molecule has 3 aromatic rings. The predicted octanol–water partition coefficient (Wildman–Crippen LogP) is 2.63. The average Bonchev–Trinajstić information content (AvgIpc) is 3.33. The fraction of sp³-hybridized carbons (Fsp3) is 0.417. The summed E-state index contributed by atoms with van der Waals surface area (Å²) in [5.41, 5.74) is 10.8. The highest BCUT2D eigenvalue weighted by atomic mass is 16.1. The van der Waals surface area contributed by atoms with Crippen molar-refractivity contribution < 1.29 is 4.79 Å². The first-order chi connectivity index (χ1) is 14.8. The van der Waals surface area contributed by atoms with Crippen LogP contribution in [0.15, 0.2) is 29.1 Å². The van der Waals surface area contributed by atoms with Gasteiger partial charge in [-0.05, 0) is 56.3 Å². The van der Waals surface area contributed by atoms with Crippen LogP contribution in [0, 0.1) is 0 Å². The van der Waals surface area contributed by atoms with Gasteiger partial charge in [0.2, 0.25) is 0 Å².